The summed E-state index contributed by atoms with van der Waals surface area (Å²) >= 11 is 0. The molecule has 0 saturated carbocycles. The van der Waals surface area contributed by atoms with Crippen molar-refractivity contribution in [1.29, 1.82) is 0 Å². The smallest absolute Gasteiger partial charge is 0.254 e. The summed E-state index contributed by atoms with van der Waals surface area (Å²) in [5.74, 6) is 1.20. The van der Waals surface area contributed by atoms with Crippen molar-refractivity contribution in [2.24, 2.45) is 0 Å². The van der Waals surface area contributed by atoms with E-state index in [0.29, 0.717) is 30.5 Å². The number of fused-ring (bicyclic) bond motifs is 1. The Labute approximate surface area is 139 Å². The van der Waals surface area contributed by atoms with E-state index >= 15 is 0 Å². The van der Waals surface area contributed by atoms with E-state index in [1.807, 2.05) is 12.1 Å². The van der Waals surface area contributed by atoms with Gasteiger partial charge in [0.2, 0.25) is 0 Å². The van der Waals surface area contributed by atoms with Gasteiger partial charge in [0, 0.05) is 31.5 Å². The summed E-state index contributed by atoms with van der Waals surface area (Å²) in [4.78, 5) is 22.5. The number of amides is 1. The van der Waals surface area contributed by atoms with Gasteiger partial charge in [-0.05, 0) is 26.0 Å². The second-order valence-electron chi connectivity index (χ2n) is 5.75. The first kappa shape index (κ1) is 16.1. The predicted octanol–water partition coefficient (Wildman–Crippen LogP) is 1.36. The van der Waals surface area contributed by atoms with E-state index in [2.05, 4.69) is 39.1 Å². The molecule has 0 unspecified atom stereocenters. The van der Waals surface area contributed by atoms with Gasteiger partial charge in [0.25, 0.3) is 11.7 Å². The highest BCUT2D eigenvalue weighted by molar-refractivity contribution is 5.93. The zero-order chi connectivity index (χ0) is 16.9. The summed E-state index contributed by atoms with van der Waals surface area (Å²) in [6, 6.07) is 4.18. The van der Waals surface area contributed by atoms with Crippen molar-refractivity contribution in [2.75, 3.05) is 13.1 Å². The summed E-state index contributed by atoms with van der Waals surface area (Å²) in [7, 11) is 0. The standard InChI is InChI=1S/C16H20N6O2/c1-12(2)21(10-14-4-3-7-24-14)6-5-17-15(23)13-8-18-16-19-11-20-22(16)9-13/h3-4,7-9,11-12H,5-6,10H2,1-2H3,(H,17,23). The Hall–Kier alpha value is -2.74. The van der Waals surface area contributed by atoms with Crippen LogP contribution in [0.1, 0.15) is 30.0 Å². The molecule has 0 spiro atoms. The Kier molecular flexibility index (Phi) is 4.85. The highest BCUT2D eigenvalue weighted by Crippen LogP contribution is 2.08. The number of carbonyl (C=O) groups excluding carboxylic acids is 1. The average Bonchev–Trinajstić information content (AvgIpc) is 3.24. The van der Waals surface area contributed by atoms with Crippen LogP contribution in [0.4, 0.5) is 0 Å². The summed E-state index contributed by atoms with van der Waals surface area (Å²) in [6.45, 7) is 6.21. The molecule has 8 nitrogen and oxygen atoms in total. The van der Waals surface area contributed by atoms with E-state index in [0.717, 1.165) is 12.3 Å². The van der Waals surface area contributed by atoms with Gasteiger partial charge < -0.3 is 9.73 Å². The summed E-state index contributed by atoms with van der Waals surface area (Å²) < 4.78 is 6.87. The van der Waals surface area contributed by atoms with Crippen molar-refractivity contribution in [1.82, 2.24) is 29.8 Å². The second-order valence-corrected chi connectivity index (χ2v) is 5.75. The molecule has 0 aliphatic heterocycles. The van der Waals surface area contributed by atoms with Crippen molar-refractivity contribution < 1.29 is 9.21 Å². The largest absolute Gasteiger partial charge is 0.468 e. The molecule has 0 aromatic carbocycles. The van der Waals surface area contributed by atoms with Crippen LogP contribution in [0.25, 0.3) is 5.78 Å². The predicted molar refractivity (Wildman–Crippen MR) is 87.4 cm³/mol. The molecular formula is C16H20N6O2. The number of aromatic nitrogens is 4. The maximum atomic E-state index is 12.2. The van der Waals surface area contributed by atoms with E-state index in [9.17, 15) is 4.79 Å². The minimum absolute atomic E-state index is 0.179. The first-order valence-electron chi connectivity index (χ1n) is 7.83. The molecule has 3 heterocycles. The van der Waals surface area contributed by atoms with Crippen molar-refractivity contribution >= 4 is 11.7 Å². The van der Waals surface area contributed by atoms with Gasteiger partial charge in [0.15, 0.2) is 0 Å². The van der Waals surface area contributed by atoms with Gasteiger partial charge in [-0.2, -0.15) is 10.1 Å². The number of rotatable bonds is 7. The molecule has 0 radical (unpaired) electrons. The minimum Gasteiger partial charge on any atom is -0.468 e. The molecule has 126 valence electrons. The third kappa shape index (κ3) is 3.77. The first-order valence-corrected chi connectivity index (χ1v) is 7.83. The van der Waals surface area contributed by atoms with Gasteiger partial charge in [0.05, 0.1) is 18.4 Å². The number of hydrogen-bond acceptors (Lipinski definition) is 6. The van der Waals surface area contributed by atoms with Gasteiger partial charge in [-0.25, -0.2) is 9.50 Å². The fraction of sp³-hybridized carbons (Fsp3) is 0.375. The lowest BCUT2D eigenvalue weighted by Gasteiger charge is -2.25. The maximum absolute atomic E-state index is 12.2. The average molecular weight is 328 g/mol. The number of carbonyl (C=O) groups is 1. The van der Waals surface area contributed by atoms with Crippen LogP contribution in [0.15, 0.2) is 41.5 Å². The van der Waals surface area contributed by atoms with Crippen molar-refractivity contribution in [2.45, 2.75) is 26.4 Å². The number of furan rings is 1. The Morgan fingerprint density at radius 1 is 1.42 bits per heavy atom. The molecule has 3 aromatic rings. The molecule has 0 aliphatic carbocycles. The van der Waals surface area contributed by atoms with E-state index in [4.69, 9.17) is 4.42 Å². The molecule has 0 atom stereocenters. The molecule has 0 saturated heterocycles. The molecule has 0 bridgehead atoms. The quantitative estimate of drug-likeness (QED) is 0.704. The monoisotopic (exact) mass is 328 g/mol. The van der Waals surface area contributed by atoms with Gasteiger partial charge in [0.1, 0.15) is 12.1 Å². The zero-order valence-electron chi connectivity index (χ0n) is 13.7. The highest BCUT2D eigenvalue weighted by Gasteiger charge is 2.13. The van der Waals surface area contributed by atoms with Crippen molar-refractivity contribution in [3.05, 3.63) is 48.4 Å². The lowest BCUT2D eigenvalue weighted by atomic mass is 10.3. The molecule has 1 N–H and O–H groups in total. The zero-order valence-corrected chi connectivity index (χ0v) is 13.7. The topological polar surface area (TPSA) is 88.6 Å². The number of nitrogens with zero attached hydrogens (tertiary/aromatic N) is 5. The van der Waals surface area contributed by atoms with Crippen LogP contribution in [0.5, 0.6) is 0 Å². The second kappa shape index (κ2) is 7.22. The third-order valence-corrected chi connectivity index (χ3v) is 3.75. The lowest BCUT2D eigenvalue weighted by Crippen LogP contribution is -2.38. The van der Waals surface area contributed by atoms with Gasteiger partial charge in [-0.15, -0.1) is 0 Å². The molecule has 8 heteroatoms. The van der Waals surface area contributed by atoms with E-state index in [1.54, 1.807) is 12.5 Å². The van der Waals surface area contributed by atoms with Crippen LogP contribution < -0.4 is 5.32 Å². The first-order chi connectivity index (χ1) is 11.6. The molecule has 3 aromatic heterocycles. The SMILES string of the molecule is CC(C)N(CCNC(=O)c1cnc2ncnn2c1)Cc1ccco1. The highest BCUT2D eigenvalue weighted by atomic mass is 16.3. The van der Waals surface area contributed by atoms with E-state index < -0.39 is 0 Å². The Balaban J connectivity index is 1.54. The van der Waals surface area contributed by atoms with Gasteiger partial charge in [-0.3, -0.25) is 9.69 Å². The summed E-state index contributed by atoms with van der Waals surface area (Å²) in [6.07, 6.45) is 6.19. The van der Waals surface area contributed by atoms with Crippen LogP contribution in [0.2, 0.25) is 0 Å². The van der Waals surface area contributed by atoms with Crippen LogP contribution in [-0.4, -0.2) is 49.5 Å². The molecular weight excluding hydrogens is 308 g/mol. The van der Waals surface area contributed by atoms with Crippen LogP contribution in [0.3, 0.4) is 0 Å². The number of nitrogens with one attached hydrogen (secondary N) is 1. The maximum Gasteiger partial charge on any atom is 0.254 e. The Bertz CT molecular complexity index is 796. The number of hydrogen-bond donors (Lipinski definition) is 1. The van der Waals surface area contributed by atoms with Gasteiger partial charge >= 0.3 is 0 Å². The molecule has 24 heavy (non-hydrogen) atoms. The summed E-state index contributed by atoms with van der Waals surface area (Å²) in [5, 5.41) is 6.89. The third-order valence-electron chi connectivity index (χ3n) is 3.75. The minimum atomic E-state index is -0.179. The molecule has 1 amide bonds. The molecule has 3 rings (SSSR count). The molecule has 0 fully saturated rings. The fourth-order valence-corrected chi connectivity index (χ4v) is 2.37. The normalized spacial score (nSPS) is 11.5. The van der Waals surface area contributed by atoms with Crippen LogP contribution >= 0.6 is 0 Å². The van der Waals surface area contributed by atoms with Gasteiger partial charge in [-0.1, -0.05) is 0 Å². The van der Waals surface area contributed by atoms with E-state index in [1.165, 1.54) is 17.0 Å². The van der Waals surface area contributed by atoms with Crippen LogP contribution in [-0.2, 0) is 6.54 Å². The van der Waals surface area contributed by atoms with Crippen LogP contribution in [0, 0.1) is 0 Å². The lowest BCUT2D eigenvalue weighted by molar-refractivity contribution is 0.0942. The van der Waals surface area contributed by atoms with Crippen molar-refractivity contribution in [3.63, 3.8) is 0 Å². The fourth-order valence-electron chi connectivity index (χ4n) is 2.37. The van der Waals surface area contributed by atoms with Crippen molar-refractivity contribution in [3.8, 4) is 0 Å². The Morgan fingerprint density at radius 3 is 3.04 bits per heavy atom. The van der Waals surface area contributed by atoms with E-state index in [-0.39, 0.29) is 5.91 Å². The Morgan fingerprint density at radius 2 is 2.29 bits per heavy atom. The summed E-state index contributed by atoms with van der Waals surface area (Å²) in [5.41, 5.74) is 0.454. The molecule has 0 aliphatic rings.